The summed E-state index contributed by atoms with van der Waals surface area (Å²) in [5, 5.41) is 0. The molecule has 2 heteroatoms. The van der Waals surface area contributed by atoms with Crippen molar-refractivity contribution in [3.8, 4) is 0 Å². The van der Waals surface area contributed by atoms with E-state index < -0.39 is 0 Å². The van der Waals surface area contributed by atoms with Crippen LogP contribution >= 0.6 is 0 Å². The number of aryl methyl sites for hydroxylation is 1. The molecule has 0 radical (unpaired) electrons. The number of hydrogen-bond acceptors (Lipinski definition) is 2. The summed E-state index contributed by atoms with van der Waals surface area (Å²) in [4.78, 5) is 4.14. The molecule has 1 aromatic rings. The van der Waals surface area contributed by atoms with E-state index in [9.17, 15) is 0 Å². The van der Waals surface area contributed by atoms with E-state index >= 15 is 0 Å². The molecular formula is C9H12N2. The molecule has 0 aliphatic carbocycles. The van der Waals surface area contributed by atoms with Crippen LogP contribution in [0.2, 0.25) is 0 Å². The van der Waals surface area contributed by atoms with Gasteiger partial charge < -0.3 is 5.73 Å². The Labute approximate surface area is 66.8 Å². The SMILES string of the molecule is C=CCCc1cccc(N)n1. The maximum atomic E-state index is 5.49. The van der Waals surface area contributed by atoms with E-state index in [1.807, 2.05) is 18.2 Å². The average Bonchev–Trinajstić information content (AvgIpc) is 2.01. The molecule has 0 amide bonds. The average molecular weight is 148 g/mol. The first-order chi connectivity index (χ1) is 5.33. The van der Waals surface area contributed by atoms with E-state index in [1.54, 1.807) is 6.07 Å². The Kier molecular flexibility index (Phi) is 2.66. The minimum atomic E-state index is 0.589. The topological polar surface area (TPSA) is 38.9 Å². The number of nitrogens with zero attached hydrogens (tertiary/aromatic N) is 1. The lowest BCUT2D eigenvalue weighted by Gasteiger charge is -1.97. The maximum absolute atomic E-state index is 5.49. The molecule has 0 aromatic carbocycles. The van der Waals surface area contributed by atoms with Gasteiger partial charge in [0.2, 0.25) is 0 Å². The summed E-state index contributed by atoms with van der Waals surface area (Å²) < 4.78 is 0. The Morgan fingerprint density at radius 3 is 3.00 bits per heavy atom. The standard InChI is InChI=1S/C9H12N2/c1-2-3-5-8-6-4-7-9(10)11-8/h2,4,6-7H,1,3,5H2,(H2,10,11). The first kappa shape index (κ1) is 7.79. The number of nitrogens with two attached hydrogens (primary N) is 1. The molecular weight excluding hydrogens is 136 g/mol. The second kappa shape index (κ2) is 3.76. The van der Waals surface area contributed by atoms with Crippen molar-refractivity contribution >= 4 is 5.82 Å². The Morgan fingerprint density at radius 2 is 2.36 bits per heavy atom. The van der Waals surface area contributed by atoms with Crippen LogP contribution in [0.1, 0.15) is 12.1 Å². The van der Waals surface area contributed by atoms with Crippen molar-refractivity contribution in [1.82, 2.24) is 4.98 Å². The van der Waals surface area contributed by atoms with Crippen LogP contribution in [0.3, 0.4) is 0 Å². The molecule has 11 heavy (non-hydrogen) atoms. The van der Waals surface area contributed by atoms with Gasteiger partial charge in [-0.3, -0.25) is 0 Å². The lowest BCUT2D eigenvalue weighted by Crippen LogP contribution is -1.94. The van der Waals surface area contributed by atoms with Crippen molar-refractivity contribution in [1.29, 1.82) is 0 Å². The van der Waals surface area contributed by atoms with Gasteiger partial charge in [-0.2, -0.15) is 0 Å². The molecule has 1 aromatic heterocycles. The zero-order valence-electron chi connectivity index (χ0n) is 6.46. The van der Waals surface area contributed by atoms with E-state index in [1.165, 1.54) is 0 Å². The van der Waals surface area contributed by atoms with E-state index in [-0.39, 0.29) is 0 Å². The summed E-state index contributed by atoms with van der Waals surface area (Å²) in [6.07, 6.45) is 3.76. The third kappa shape index (κ3) is 2.42. The largest absolute Gasteiger partial charge is 0.384 e. The quantitative estimate of drug-likeness (QED) is 0.663. The summed E-state index contributed by atoms with van der Waals surface area (Å²) in [6.45, 7) is 3.64. The van der Waals surface area contributed by atoms with Crippen LogP contribution in [-0.4, -0.2) is 4.98 Å². The van der Waals surface area contributed by atoms with Crippen LogP contribution in [-0.2, 0) is 6.42 Å². The molecule has 0 atom stereocenters. The van der Waals surface area contributed by atoms with Crippen molar-refractivity contribution in [2.24, 2.45) is 0 Å². The van der Waals surface area contributed by atoms with Crippen LogP contribution < -0.4 is 5.73 Å². The Balaban J connectivity index is 2.63. The van der Waals surface area contributed by atoms with Crippen LogP contribution in [0.5, 0.6) is 0 Å². The number of rotatable bonds is 3. The highest BCUT2D eigenvalue weighted by Gasteiger charge is 1.91. The summed E-state index contributed by atoms with van der Waals surface area (Å²) in [5.41, 5.74) is 6.53. The predicted octanol–water partition coefficient (Wildman–Crippen LogP) is 1.78. The molecule has 1 rings (SSSR count). The number of aromatic nitrogens is 1. The molecule has 0 unspecified atom stereocenters. The van der Waals surface area contributed by atoms with E-state index in [2.05, 4.69) is 11.6 Å². The van der Waals surface area contributed by atoms with Crippen LogP contribution in [0.4, 0.5) is 5.82 Å². The molecule has 2 N–H and O–H groups in total. The van der Waals surface area contributed by atoms with Crippen LogP contribution in [0.15, 0.2) is 30.9 Å². The second-order valence-corrected chi connectivity index (χ2v) is 2.38. The summed E-state index contributed by atoms with van der Waals surface area (Å²) >= 11 is 0. The summed E-state index contributed by atoms with van der Waals surface area (Å²) in [7, 11) is 0. The van der Waals surface area contributed by atoms with Gasteiger partial charge in [0.15, 0.2) is 0 Å². The fraction of sp³-hybridized carbons (Fsp3) is 0.222. The third-order valence-corrected chi connectivity index (χ3v) is 1.43. The van der Waals surface area contributed by atoms with Gasteiger partial charge in [-0.1, -0.05) is 12.1 Å². The molecule has 2 nitrogen and oxygen atoms in total. The molecule has 58 valence electrons. The number of hydrogen-bond donors (Lipinski definition) is 1. The van der Waals surface area contributed by atoms with E-state index in [0.717, 1.165) is 18.5 Å². The normalized spacial score (nSPS) is 9.45. The summed E-state index contributed by atoms with van der Waals surface area (Å²) in [6, 6.07) is 5.68. The third-order valence-electron chi connectivity index (χ3n) is 1.43. The number of nitrogen functional groups attached to an aromatic ring is 1. The van der Waals surface area contributed by atoms with Crippen molar-refractivity contribution in [3.05, 3.63) is 36.5 Å². The first-order valence-electron chi connectivity index (χ1n) is 3.65. The molecule has 0 aliphatic heterocycles. The minimum Gasteiger partial charge on any atom is -0.384 e. The molecule has 0 spiro atoms. The fourth-order valence-electron chi connectivity index (χ4n) is 0.887. The number of pyridine rings is 1. The highest BCUT2D eigenvalue weighted by molar-refractivity contribution is 5.28. The first-order valence-corrected chi connectivity index (χ1v) is 3.65. The van der Waals surface area contributed by atoms with Gasteiger partial charge in [-0.25, -0.2) is 4.98 Å². The van der Waals surface area contributed by atoms with Crippen molar-refractivity contribution in [2.45, 2.75) is 12.8 Å². The van der Waals surface area contributed by atoms with Gasteiger partial charge in [-0.15, -0.1) is 6.58 Å². The molecule has 0 aliphatic rings. The minimum absolute atomic E-state index is 0.589. The molecule has 0 saturated heterocycles. The molecule has 0 bridgehead atoms. The second-order valence-electron chi connectivity index (χ2n) is 2.38. The lowest BCUT2D eigenvalue weighted by molar-refractivity contribution is 0.949. The Hall–Kier alpha value is -1.31. The van der Waals surface area contributed by atoms with Crippen LogP contribution in [0.25, 0.3) is 0 Å². The Morgan fingerprint density at radius 1 is 1.55 bits per heavy atom. The van der Waals surface area contributed by atoms with Gasteiger partial charge in [0.25, 0.3) is 0 Å². The smallest absolute Gasteiger partial charge is 0.123 e. The van der Waals surface area contributed by atoms with Gasteiger partial charge >= 0.3 is 0 Å². The fourth-order valence-corrected chi connectivity index (χ4v) is 0.887. The molecule has 1 heterocycles. The van der Waals surface area contributed by atoms with E-state index in [4.69, 9.17) is 5.73 Å². The lowest BCUT2D eigenvalue weighted by atomic mass is 10.2. The summed E-state index contributed by atoms with van der Waals surface area (Å²) in [5.74, 6) is 0.589. The van der Waals surface area contributed by atoms with Gasteiger partial charge in [0.1, 0.15) is 5.82 Å². The van der Waals surface area contributed by atoms with E-state index in [0.29, 0.717) is 5.82 Å². The highest BCUT2D eigenvalue weighted by atomic mass is 14.8. The van der Waals surface area contributed by atoms with Crippen LogP contribution in [0, 0.1) is 0 Å². The monoisotopic (exact) mass is 148 g/mol. The van der Waals surface area contributed by atoms with Crippen molar-refractivity contribution in [3.63, 3.8) is 0 Å². The maximum Gasteiger partial charge on any atom is 0.123 e. The number of allylic oxidation sites excluding steroid dienone is 1. The van der Waals surface area contributed by atoms with Crippen molar-refractivity contribution < 1.29 is 0 Å². The van der Waals surface area contributed by atoms with Gasteiger partial charge in [-0.05, 0) is 25.0 Å². The highest BCUT2D eigenvalue weighted by Crippen LogP contribution is 2.02. The molecule has 0 fully saturated rings. The zero-order chi connectivity index (χ0) is 8.10. The molecule has 0 saturated carbocycles. The predicted molar refractivity (Wildman–Crippen MR) is 47.2 cm³/mol. The van der Waals surface area contributed by atoms with Gasteiger partial charge in [0.05, 0.1) is 0 Å². The number of anilines is 1. The zero-order valence-corrected chi connectivity index (χ0v) is 6.46. The van der Waals surface area contributed by atoms with Crippen molar-refractivity contribution in [2.75, 3.05) is 5.73 Å². The Bertz CT molecular complexity index is 243. The van der Waals surface area contributed by atoms with Gasteiger partial charge in [0, 0.05) is 5.69 Å².